The van der Waals surface area contributed by atoms with Gasteiger partial charge in [-0.1, -0.05) is 17.7 Å². The molecule has 0 radical (unpaired) electrons. The average molecular weight is 291 g/mol. The number of hydrogen-bond acceptors (Lipinski definition) is 2. The predicted octanol–water partition coefficient (Wildman–Crippen LogP) is 2.89. The van der Waals surface area contributed by atoms with Crippen LogP contribution in [0.5, 0.6) is 0 Å². The van der Waals surface area contributed by atoms with Gasteiger partial charge in [0, 0.05) is 10.5 Å². The first-order valence-corrected chi connectivity index (χ1v) is 6.22. The second-order valence-corrected chi connectivity index (χ2v) is 5.08. The number of benzene rings is 1. The van der Waals surface area contributed by atoms with Gasteiger partial charge in [0.05, 0.1) is 11.1 Å². The van der Waals surface area contributed by atoms with E-state index in [0.717, 1.165) is 29.4 Å². The van der Waals surface area contributed by atoms with Crippen molar-refractivity contribution < 1.29 is 5.11 Å². The maximum Gasteiger partial charge on any atom is 0.0943 e. The fraction of sp³-hybridized carbons (Fsp3) is 0.455. The summed E-state index contributed by atoms with van der Waals surface area (Å²) < 4.78 is 0.832. The van der Waals surface area contributed by atoms with E-state index in [1.807, 2.05) is 12.1 Å². The normalized spacial score (nSPS) is 23.0. The molecule has 1 heterocycles. The summed E-state index contributed by atoms with van der Waals surface area (Å²) in [5.41, 5.74) is 0.908. The van der Waals surface area contributed by atoms with Crippen molar-refractivity contribution in [3.63, 3.8) is 0 Å². The lowest BCUT2D eigenvalue weighted by Crippen LogP contribution is -2.28. The first kappa shape index (κ1) is 11.4. The topological polar surface area (TPSA) is 32.3 Å². The number of halogens is 2. The predicted molar refractivity (Wildman–Crippen MR) is 65.1 cm³/mol. The number of aliphatic hydroxyl groups is 1. The highest BCUT2D eigenvalue weighted by Crippen LogP contribution is 2.29. The summed E-state index contributed by atoms with van der Waals surface area (Å²) in [4.78, 5) is 0. The highest BCUT2D eigenvalue weighted by atomic mass is 79.9. The minimum Gasteiger partial charge on any atom is -0.387 e. The van der Waals surface area contributed by atoms with Crippen LogP contribution in [0, 0.1) is 0 Å². The molecule has 0 saturated carbocycles. The van der Waals surface area contributed by atoms with Crippen molar-refractivity contribution in [2.45, 2.75) is 25.0 Å². The Bertz CT molecular complexity index is 352. The SMILES string of the molecule is OC(c1ccc(Cl)c(Br)c1)C1CCCN1. The standard InChI is InChI=1S/C11H13BrClNO/c12-8-6-7(3-4-9(8)13)11(15)10-2-1-5-14-10/h3-4,6,10-11,14-15H,1-2,5H2. The molecule has 0 bridgehead atoms. The highest BCUT2D eigenvalue weighted by molar-refractivity contribution is 9.10. The number of aliphatic hydroxyl groups excluding tert-OH is 1. The minimum atomic E-state index is -0.443. The van der Waals surface area contributed by atoms with Gasteiger partial charge in [-0.05, 0) is 53.0 Å². The van der Waals surface area contributed by atoms with Crippen molar-refractivity contribution in [2.24, 2.45) is 0 Å². The lowest BCUT2D eigenvalue weighted by Gasteiger charge is -2.18. The minimum absolute atomic E-state index is 0.179. The zero-order valence-electron chi connectivity index (χ0n) is 8.21. The lowest BCUT2D eigenvalue weighted by molar-refractivity contribution is 0.137. The smallest absolute Gasteiger partial charge is 0.0943 e. The molecule has 82 valence electrons. The van der Waals surface area contributed by atoms with Crippen LogP contribution in [0.3, 0.4) is 0 Å². The molecule has 1 aromatic rings. The average Bonchev–Trinajstić information content (AvgIpc) is 2.74. The van der Waals surface area contributed by atoms with Crippen molar-refractivity contribution >= 4 is 27.5 Å². The van der Waals surface area contributed by atoms with Crippen LogP contribution in [0.25, 0.3) is 0 Å². The molecule has 1 aliphatic rings. The quantitative estimate of drug-likeness (QED) is 0.878. The third-order valence-electron chi connectivity index (χ3n) is 2.76. The van der Waals surface area contributed by atoms with Crippen molar-refractivity contribution in [1.82, 2.24) is 5.32 Å². The summed E-state index contributed by atoms with van der Waals surface area (Å²) in [5.74, 6) is 0. The Morgan fingerprint density at radius 3 is 2.93 bits per heavy atom. The van der Waals surface area contributed by atoms with Crippen LogP contribution in [-0.4, -0.2) is 17.7 Å². The van der Waals surface area contributed by atoms with Crippen LogP contribution in [0.1, 0.15) is 24.5 Å². The summed E-state index contributed by atoms with van der Waals surface area (Å²) in [6.07, 6.45) is 1.72. The van der Waals surface area contributed by atoms with E-state index in [9.17, 15) is 5.11 Å². The zero-order valence-corrected chi connectivity index (χ0v) is 10.6. The summed E-state index contributed by atoms with van der Waals surface area (Å²) in [5, 5.41) is 14.1. The molecule has 1 saturated heterocycles. The van der Waals surface area contributed by atoms with Gasteiger partial charge in [0.15, 0.2) is 0 Å². The van der Waals surface area contributed by atoms with E-state index >= 15 is 0 Å². The second kappa shape index (κ2) is 4.83. The summed E-state index contributed by atoms with van der Waals surface area (Å²) in [6.45, 7) is 0.997. The third kappa shape index (κ3) is 2.53. The van der Waals surface area contributed by atoms with Gasteiger partial charge in [0.1, 0.15) is 0 Å². The molecule has 2 unspecified atom stereocenters. The van der Waals surface area contributed by atoms with Gasteiger partial charge in [0.2, 0.25) is 0 Å². The van der Waals surface area contributed by atoms with Crippen LogP contribution in [-0.2, 0) is 0 Å². The molecule has 1 aromatic carbocycles. The summed E-state index contributed by atoms with van der Waals surface area (Å²) in [7, 11) is 0. The Labute approximate surface area is 103 Å². The van der Waals surface area contributed by atoms with Crippen LogP contribution in [0.15, 0.2) is 22.7 Å². The second-order valence-electron chi connectivity index (χ2n) is 3.82. The van der Waals surface area contributed by atoms with Gasteiger partial charge < -0.3 is 10.4 Å². The van der Waals surface area contributed by atoms with Gasteiger partial charge >= 0.3 is 0 Å². The fourth-order valence-corrected chi connectivity index (χ4v) is 2.42. The molecule has 2 atom stereocenters. The van der Waals surface area contributed by atoms with Crippen molar-refractivity contribution in [2.75, 3.05) is 6.54 Å². The van der Waals surface area contributed by atoms with Crippen molar-refractivity contribution in [3.05, 3.63) is 33.3 Å². The molecule has 2 rings (SSSR count). The van der Waals surface area contributed by atoms with E-state index in [1.54, 1.807) is 6.07 Å². The Balaban J connectivity index is 2.17. The zero-order chi connectivity index (χ0) is 10.8. The largest absolute Gasteiger partial charge is 0.387 e. The molecule has 2 N–H and O–H groups in total. The van der Waals surface area contributed by atoms with E-state index in [-0.39, 0.29) is 6.04 Å². The molecule has 15 heavy (non-hydrogen) atoms. The summed E-state index contributed by atoms with van der Waals surface area (Å²) >= 11 is 9.26. The van der Waals surface area contributed by atoms with E-state index < -0.39 is 6.10 Å². The Morgan fingerprint density at radius 1 is 1.53 bits per heavy atom. The van der Waals surface area contributed by atoms with E-state index in [0.29, 0.717) is 5.02 Å². The van der Waals surface area contributed by atoms with Gasteiger partial charge in [-0.3, -0.25) is 0 Å². The van der Waals surface area contributed by atoms with Gasteiger partial charge in [-0.15, -0.1) is 0 Å². The molecule has 4 heteroatoms. The van der Waals surface area contributed by atoms with E-state index in [1.165, 1.54) is 0 Å². The van der Waals surface area contributed by atoms with Crippen molar-refractivity contribution in [1.29, 1.82) is 0 Å². The third-order valence-corrected chi connectivity index (χ3v) is 3.98. The maximum atomic E-state index is 10.1. The van der Waals surface area contributed by atoms with E-state index in [4.69, 9.17) is 11.6 Å². The van der Waals surface area contributed by atoms with Crippen molar-refractivity contribution in [3.8, 4) is 0 Å². The molecule has 1 fully saturated rings. The summed E-state index contributed by atoms with van der Waals surface area (Å²) in [6, 6.07) is 5.74. The number of rotatable bonds is 2. The lowest BCUT2D eigenvalue weighted by atomic mass is 10.0. The number of hydrogen-bond donors (Lipinski definition) is 2. The monoisotopic (exact) mass is 289 g/mol. The molecular formula is C11H13BrClNO. The highest BCUT2D eigenvalue weighted by Gasteiger charge is 2.24. The van der Waals surface area contributed by atoms with Gasteiger partial charge in [-0.2, -0.15) is 0 Å². The first-order valence-electron chi connectivity index (χ1n) is 5.05. The van der Waals surface area contributed by atoms with Gasteiger partial charge in [-0.25, -0.2) is 0 Å². The molecule has 0 aromatic heterocycles. The van der Waals surface area contributed by atoms with Crippen LogP contribution < -0.4 is 5.32 Å². The van der Waals surface area contributed by atoms with Crippen LogP contribution in [0.2, 0.25) is 5.02 Å². The van der Waals surface area contributed by atoms with Crippen LogP contribution in [0.4, 0.5) is 0 Å². The van der Waals surface area contributed by atoms with Gasteiger partial charge in [0.25, 0.3) is 0 Å². The molecule has 0 aliphatic carbocycles. The Hall–Kier alpha value is -0.0900. The van der Waals surface area contributed by atoms with Crippen LogP contribution >= 0.6 is 27.5 Å². The Kier molecular flexibility index (Phi) is 3.67. The molecule has 0 amide bonds. The molecule has 1 aliphatic heterocycles. The maximum absolute atomic E-state index is 10.1. The first-order chi connectivity index (χ1) is 7.18. The molecule has 2 nitrogen and oxygen atoms in total. The number of nitrogens with one attached hydrogen (secondary N) is 1. The molecule has 0 spiro atoms. The van der Waals surface area contributed by atoms with E-state index in [2.05, 4.69) is 21.2 Å². The molecular weight excluding hydrogens is 277 g/mol. The Morgan fingerprint density at radius 2 is 2.33 bits per heavy atom. The fourth-order valence-electron chi connectivity index (χ4n) is 1.91.